The first-order valence-electron chi connectivity index (χ1n) is 10.2. The molecule has 0 bridgehead atoms. The number of benzene rings is 2. The molecule has 2 nitrogen and oxygen atoms in total. The molecule has 33 heavy (non-hydrogen) atoms. The molecule has 3 aliphatic rings. The number of nitrogens with two attached hydrogens (primary N) is 2. The molecule has 0 aliphatic heterocycles. The second-order valence-electron chi connectivity index (χ2n) is 8.42. The fourth-order valence-electron chi connectivity index (χ4n) is 5.49. The molecule has 0 amide bonds. The molecular formula is C25H18F6N2. The molecular weight excluding hydrogens is 442 g/mol. The number of rotatable bonds is 2. The van der Waals surface area contributed by atoms with Gasteiger partial charge in [-0.3, -0.25) is 0 Å². The van der Waals surface area contributed by atoms with E-state index in [-0.39, 0.29) is 11.1 Å². The molecule has 4 N–H and O–H groups in total. The Morgan fingerprint density at radius 2 is 0.970 bits per heavy atom. The quantitative estimate of drug-likeness (QED) is 0.551. The van der Waals surface area contributed by atoms with E-state index in [4.69, 9.17) is 11.5 Å². The van der Waals surface area contributed by atoms with Gasteiger partial charge in [-0.1, -0.05) is 60.7 Å². The lowest BCUT2D eigenvalue weighted by molar-refractivity contribution is -0.0982. The molecule has 0 saturated heterocycles. The van der Waals surface area contributed by atoms with E-state index < -0.39 is 52.1 Å². The molecule has 3 aliphatic carbocycles. The van der Waals surface area contributed by atoms with E-state index in [1.54, 1.807) is 24.3 Å². The predicted molar refractivity (Wildman–Crippen MR) is 112 cm³/mol. The summed E-state index contributed by atoms with van der Waals surface area (Å²) < 4.78 is 91.9. The van der Waals surface area contributed by atoms with Crippen molar-refractivity contribution < 1.29 is 26.3 Å². The molecule has 2 aromatic carbocycles. The van der Waals surface area contributed by atoms with E-state index in [1.807, 2.05) is 0 Å². The molecule has 0 heterocycles. The molecule has 0 saturated carbocycles. The van der Waals surface area contributed by atoms with Gasteiger partial charge in [-0.25, -0.2) is 8.78 Å². The van der Waals surface area contributed by atoms with Crippen LogP contribution < -0.4 is 11.5 Å². The third-order valence-corrected chi connectivity index (χ3v) is 6.83. The zero-order valence-corrected chi connectivity index (χ0v) is 17.0. The minimum absolute atomic E-state index is 0.122. The first-order chi connectivity index (χ1) is 15.6. The van der Waals surface area contributed by atoms with Crippen LogP contribution in [0.5, 0.6) is 0 Å². The molecule has 5 rings (SSSR count). The van der Waals surface area contributed by atoms with Crippen LogP contribution in [0.4, 0.5) is 26.3 Å². The van der Waals surface area contributed by atoms with Crippen molar-refractivity contribution >= 4 is 0 Å². The van der Waals surface area contributed by atoms with Crippen molar-refractivity contribution in [1.82, 2.24) is 0 Å². The molecule has 2 aromatic rings. The first kappa shape index (κ1) is 21.4. The standard InChI is InChI=1S/C25H18F6N2/c26-21-17(32)9-11-19(24(21,28)29)23(20-12-10-18(33)22(27)25(20,30)31)15-7-3-1-5-13(15)14-6-2-4-8-16(14)23/h1-12,19-20H,32-33H2. The Morgan fingerprint density at radius 1 is 0.606 bits per heavy atom. The van der Waals surface area contributed by atoms with E-state index in [0.29, 0.717) is 11.1 Å². The van der Waals surface area contributed by atoms with Crippen molar-refractivity contribution in [3.8, 4) is 11.1 Å². The highest BCUT2D eigenvalue weighted by Gasteiger charge is 2.68. The Bertz CT molecular complexity index is 1190. The third-order valence-electron chi connectivity index (χ3n) is 6.83. The van der Waals surface area contributed by atoms with Crippen LogP contribution in [-0.2, 0) is 5.41 Å². The van der Waals surface area contributed by atoms with Crippen molar-refractivity contribution in [2.45, 2.75) is 17.3 Å². The Labute approximate surface area is 185 Å². The summed E-state index contributed by atoms with van der Waals surface area (Å²) in [6.45, 7) is 0. The van der Waals surface area contributed by atoms with Crippen LogP contribution in [-0.4, -0.2) is 11.8 Å². The van der Waals surface area contributed by atoms with E-state index >= 15 is 17.6 Å². The summed E-state index contributed by atoms with van der Waals surface area (Å²) in [7, 11) is 0. The topological polar surface area (TPSA) is 52.0 Å². The number of allylic oxidation sites excluding steroid dienone is 6. The fourth-order valence-corrected chi connectivity index (χ4v) is 5.49. The van der Waals surface area contributed by atoms with Gasteiger partial charge in [0, 0.05) is 5.41 Å². The van der Waals surface area contributed by atoms with Gasteiger partial charge < -0.3 is 11.5 Å². The summed E-state index contributed by atoms with van der Waals surface area (Å²) in [6.07, 6.45) is 3.80. The van der Waals surface area contributed by atoms with Gasteiger partial charge in [0.2, 0.25) is 0 Å². The van der Waals surface area contributed by atoms with Gasteiger partial charge in [-0.05, 0) is 34.4 Å². The molecule has 0 radical (unpaired) electrons. The average molecular weight is 460 g/mol. The normalized spacial score (nSPS) is 26.4. The van der Waals surface area contributed by atoms with E-state index in [2.05, 4.69) is 0 Å². The number of halogens is 6. The molecule has 0 fully saturated rings. The molecule has 2 unspecified atom stereocenters. The fraction of sp³-hybridized carbons (Fsp3) is 0.200. The van der Waals surface area contributed by atoms with E-state index in [9.17, 15) is 8.78 Å². The van der Waals surface area contributed by atoms with E-state index in [1.165, 1.54) is 24.3 Å². The summed E-state index contributed by atoms with van der Waals surface area (Å²) in [4.78, 5) is 0. The van der Waals surface area contributed by atoms with Crippen LogP contribution in [0.15, 0.2) is 95.9 Å². The lowest BCUT2D eigenvalue weighted by Crippen LogP contribution is -2.55. The number of hydrogen-bond acceptors (Lipinski definition) is 2. The molecule has 2 atom stereocenters. The summed E-state index contributed by atoms with van der Waals surface area (Å²) in [6, 6.07) is 12.5. The summed E-state index contributed by atoms with van der Waals surface area (Å²) in [5.41, 5.74) is 8.14. The van der Waals surface area contributed by atoms with Crippen LogP contribution in [0.2, 0.25) is 0 Å². The van der Waals surface area contributed by atoms with Gasteiger partial charge >= 0.3 is 11.8 Å². The molecule has 8 heteroatoms. The largest absolute Gasteiger partial charge is 0.396 e. The van der Waals surface area contributed by atoms with Gasteiger partial charge in [0.15, 0.2) is 11.7 Å². The van der Waals surface area contributed by atoms with Crippen LogP contribution in [0, 0.1) is 11.8 Å². The van der Waals surface area contributed by atoms with Gasteiger partial charge in [-0.2, -0.15) is 17.6 Å². The van der Waals surface area contributed by atoms with Crippen LogP contribution >= 0.6 is 0 Å². The zero-order valence-electron chi connectivity index (χ0n) is 17.0. The maximum Gasteiger partial charge on any atom is 0.308 e. The van der Waals surface area contributed by atoms with Gasteiger partial charge in [0.1, 0.15) is 0 Å². The monoisotopic (exact) mass is 460 g/mol. The SMILES string of the molecule is NC1=C(F)C(F)(F)C(C2(C3C=CC(N)=C(F)C3(F)F)c3ccccc3-c3ccccc32)C=C1. The Balaban J connectivity index is 1.91. The van der Waals surface area contributed by atoms with Crippen molar-refractivity contribution in [2.24, 2.45) is 23.3 Å². The molecule has 170 valence electrons. The highest BCUT2D eigenvalue weighted by atomic mass is 19.3. The Kier molecular flexibility index (Phi) is 4.41. The maximum absolute atomic E-state index is 15.6. The predicted octanol–water partition coefficient (Wildman–Crippen LogP) is 5.88. The first-order valence-corrected chi connectivity index (χ1v) is 10.2. The lowest BCUT2D eigenvalue weighted by atomic mass is 9.56. The Morgan fingerprint density at radius 3 is 1.36 bits per heavy atom. The van der Waals surface area contributed by atoms with Gasteiger partial charge in [-0.15, -0.1) is 0 Å². The zero-order chi connectivity index (χ0) is 23.8. The second kappa shape index (κ2) is 6.79. The average Bonchev–Trinajstić information content (AvgIpc) is 3.07. The van der Waals surface area contributed by atoms with Gasteiger partial charge in [0.25, 0.3) is 0 Å². The minimum atomic E-state index is -4.24. The van der Waals surface area contributed by atoms with Crippen LogP contribution in [0.3, 0.4) is 0 Å². The number of alkyl halides is 4. The minimum Gasteiger partial charge on any atom is -0.396 e. The summed E-state index contributed by atoms with van der Waals surface area (Å²) in [5, 5.41) is 0. The highest BCUT2D eigenvalue weighted by molar-refractivity contribution is 5.82. The van der Waals surface area contributed by atoms with Crippen LogP contribution in [0.1, 0.15) is 11.1 Å². The van der Waals surface area contributed by atoms with Crippen molar-refractivity contribution in [2.75, 3.05) is 0 Å². The van der Waals surface area contributed by atoms with Crippen molar-refractivity contribution in [1.29, 1.82) is 0 Å². The van der Waals surface area contributed by atoms with Gasteiger partial charge in [0.05, 0.1) is 23.2 Å². The Hall–Kier alpha value is -3.42. The van der Waals surface area contributed by atoms with Crippen molar-refractivity contribution in [3.63, 3.8) is 0 Å². The van der Waals surface area contributed by atoms with Crippen molar-refractivity contribution in [3.05, 3.63) is 107 Å². The number of hydrogen-bond donors (Lipinski definition) is 2. The maximum atomic E-state index is 15.6. The lowest BCUT2D eigenvalue weighted by Gasteiger charge is -2.49. The molecule has 0 aromatic heterocycles. The summed E-state index contributed by atoms with van der Waals surface area (Å²) in [5.74, 6) is -16.6. The molecule has 0 spiro atoms. The highest BCUT2D eigenvalue weighted by Crippen LogP contribution is 2.65. The smallest absolute Gasteiger partial charge is 0.308 e. The second-order valence-corrected chi connectivity index (χ2v) is 8.42. The van der Waals surface area contributed by atoms with E-state index in [0.717, 1.165) is 24.3 Å². The summed E-state index contributed by atoms with van der Waals surface area (Å²) >= 11 is 0. The third kappa shape index (κ3) is 2.57. The van der Waals surface area contributed by atoms with Crippen LogP contribution in [0.25, 0.3) is 11.1 Å². The number of fused-ring (bicyclic) bond motifs is 3.